The molecule has 0 spiro atoms. The van der Waals surface area contributed by atoms with Crippen molar-refractivity contribution >= 4 is 39.3 Å². The number of aryl methyl sites for hydroxylation is 1. The highest BCUT2D eigenvalue weighted by molar-refractivity contribution is 7.22. The highest BCUT2D eigenvalue weighted by Gasteiger charge is 2.32. The highest BCUT2D eigenvalue weighted by atomic mass is 32.1. The average molecular weight is 591 g/mol. The molecule has 0 amide bonds. The molecule has 0 radical (unpaired) electrons. The molecule has 0 bridgehead atoms. The minimum atomic E-state index is -1.07. The van der Waals surface area contributed by atoms with Gasteiger partial charge in [0.25, 0.3) is 0 Å². The first-order valence-corrected chi connectivity index (χ1v) is 15.0. The maximum Gasteiger partial charge on any atom is 0.328 e. The van der Waals surface area contributed by atoms with Crippen molar-refractivity contribution in [2.24, 2.45) is 0 Å². The van der Waals surface area contributed by atoms with Crippen molar-refractivity contribution in [2.45, 2.75) is 46.1 Å². The van der Waals surface area contributed by atoms with Crippen molar-refractivity contribution in [3.05, 3.63) is 119 Å². The van der Waals surface area contributed by atoms with E-state index in [4.69, 9.17) is 14.6 Å². The number of carbonyl (C=O) groups is 2. The van der Waals surface area contributed by atoms with Crippen molar-refractivity contribution in [3.63, 3.8) is 0 Å². The number of carbonyl (C=O) groups excluding carboxylic acids is 1. The second-order valence-electron chi connectivity index (χ2n) is 11.3. The van der Waals surface area contributed by atoms with E-state index >= 15 is 0 Å². The second-order valence-corrected chi connectivity index (χ2v) is 12.3. The van der Waals surface area contributed by atoms with E-state index in [2.05, 4.69) is 32.0 Å². The van der Waals surface area contributed by atoms with Gasteiger partial charge in [-0.05, 0) is 85.4 Å². The van der Waals surface area contributed by atoms with Gasteiger partial charge in [0.2, 0.25) is 5.78 Å². The van der Waals surface area contributed by atoms with Gasteiger partial charge in [-0.15, -0.1) is 11.3 Å². The van der Waals surface area contributed by atoms with E-state index in [9.17, 15) is 9.59 Å². The molecule has 1 aromatic heterocycles. The molecule has 0 aliphatic carbocycles. The number of thiophene rings is 1. The molecule has 0 atom stereocenters. The molecule has 1 N–H and O–H groups in total. The number of benzene rings is 4. The van der Waals surface area contributed by atoms with Crippen LogP contribution >= 0.6 is 11.3 Å². The number of Topliss-reactive ketones (excluding diaryl/α,β-unsaturated/α-hetero) is 1. The highest BCUT2D eigenvalue weighted by Crippen LogP contribution is 2.49. The fourth-order valence-electron chi connectivity index (χ4n) is 5.03. The van der Waals surface area contributed by atoms with Crippen LogP contribution in [0, 0.1) is 6.92 Å². The van der Waals surface area contributed by atoms with Gasteiger partial charge in [-0.3, -0.25) is 4.79 Å². The quantitative estimate of drug-likeness (QED) is 0.129. The first-order valence-electron chi connectivity index (χ1n) is 14.2. The topological polar surface area (TPSA) is 72.8 Å². The fraction of sp³-hybridized carbons (Fsp3) is 0.189. The first-order chi connectivity index (χ1) is 20.5. The molecule has 6 heteroatoms. The maximum atomic E-state index is 13.4. The number of fused-ring (bicyclic) bond motifs is 1. The summed E-state index contributed by atoms with van der Waals surface area (Å²) in [5, 5.41) is 9.87. The van der Waals surface area contributed by atoms with E-state index in [0.717, 1.165) is 43.5 Å². The molecule has 5 rings (SSSR count). The number of ether oxygens (including phenoxy) is 2. The van der Waals surface area contributed by atoms with Crippen LogP contribution in [0.4, 0.5) is 0 Å². The van der Waals surface area contributed by atoms with Crippen molar-refractivity contribution < 1.29 is 24.2 Å². The summed E-state index contributed by atoms with van der Waals surface area (Å²) in [6, 6.07) is 29.1. The Balaban J connectivity index is 1.55. The second kappa shape index (κ2) is 12.3. The van der Waals surface area contributed by atoms with Crippen LogP contribution in [-0.4, -0.2) is 22.5 Å². The molecule has 0 unspecified atom stereocenters. The zero-order valence-electron chi connectivity index (χ0n) is 24.9. The summed E-state index contributed by atoms with van der Waals surface area (Å²) in [6.07, 6.45) is 2.65. The number of carboxylic acids is 1. The Morgan fingerprint density at radius 2 is 1.56 bits per heavy atom. The van der Waals surface area contributed by atoms with Crippen LogP contribution in [0.25, 0.3) is 26.6 Å². The summed E-state index contributed by atoms with van der Waals surface area (Å²) in [4.78, 5) is 25.3. The van der Waals surface area contributed by atoms with E-state index < -0.39 is 11.6 Å². The van der Waals surface area contributed by atoms with Crippen LogP contribution in [0.2, 0.25) is 0 Å². The molecule has 0 aliphatic heterocycles. The molecular formula is C37H34O5S. The van der Waals surface area contributed by atoms with Crippen LogP contribution in [0.3, 0.4) is 0 Å². The molecule has 0 saturated carbocycles. The van der Waals surface area contributed by atoms with Crippen LogP contribution in [0.15, 0.2) is 97.1 Å². The Kier molecular flexibility index (Phi) is 8.51. The third-order valence-electron chi connectivity index (χ3n) is 7.27. The summed E-state index contributed by atoms with van der Waals surface area (Å²) in [5.41, 5.74) is 3.58. The Morgan fingerprint density at radius 1 is 0.884 bits per heavy atom. The Labute approximate surface area is 256 Å². The number of ketones is 1. The van der Waals surface area contributed by atoms with Crippen LogP contribution in [0.1, 0.15) is 60.7 Å². The van der Waals surface area contributed by atoms with Gasteiger partial charge in [0.1, 0.15) is 11.5 Å². The van der Waals surface area contributed by atoms with Crippen molar-refractivity contribution in [2.75, 3.05) is 0 Å². The van der Waals surface area contributed by atoms with Crippen molar-refractivity contribution in [1.29, 1.82) is 0 Å². The SMILES string of the molecule is Cc1ccccc1C(=O)C(C)(C)Oc1ccc2c(Oc3ccc(/C=C/C(=O)O)cc3)c(-c3ccccc3C(C)C)sc2c1. The Morgan fingerprint density at radius 3 is 2.26 bits per heavy atom. The van der Waals surface area contributed by atoms with Gasteiger partial charge < -0.3 is 14.6 Å². The van der Waals surface area contributed by atoms with Gasteiger partial charge >= 0.3 is 5.97 Å². The molecule has 0 saturated heterocycles. The number of hydrogen-bond acceptors (Lipinski definition) is 5. The zero-order chi connectivity index (χ0) is 30.7. The monoisotopic (exact) mass is 590 g/mol. The van der Waals surface area contributed by atoms with Crippen LogP contribution < -0.4 is 9.47 Å². The van der Waals surface area contributed by atoms with E-state index in [1.54, 1.807) is 31.3 Å². The minimum absolute atomic E-state index is 0.0749. The van der Waals surface area contributed by atoms with Gasteiger partial charge in [0.15, 0.2) is 11.4 Å². The summed E-state index contributed by atoms with van der Waals surface area (Å²) in [7, 11) is 0. The predicted octanol–water partition coefficient (Wildman–Crippen LogP) is 9.93. The Hall–Kier alpha value is -4.68. The fourth-order valence-corrected chi connectivity index (χ4v) is 6.23. The lowest BCUT2D eigenvalue weighted by molar-refractivity contribution is -0.131. The lowest BCUT2D eigenvalue weighted by atomic mass is 9.93. The van der Waals surface area contributed by atoms with Crippen LogP contribution in [0.5, 0.6) is 17.2 Å². The lowest BCUT2D eigenvalue weighted by Crippen LogP contribution is -2.38. The Bertz CT molecular complexity index is 1830. The number of hydrogen-bond donors (Lipinski definition) is 1. The van der Waals surface area contributed by atoms with Gasteiger partial charge in [0, 0.05) is 21.7 Å². The third-order valence-corrected chi connectivity index (χ3v) is 8.44. The molecule has 5 nitrogen and oxygen atoms in total. The van der Waals surface area contributed by atoms with E-state index in [1.807, 2.05) is 79.7 Å². The number of carboxylic acid groups (broad SMARTS) is 1. The lowest BCUT2D eigenvalue weighted by Gasteiger charge is -2.25. The molecular weight excluding hydrogens is 556 g/mol. The maximum absolute atomic E-state index is 13.4. The molecule has 4 aromatic carbocycles. The molecule has 0 fully saturated rings. The molecule has 5 aromatic rings. The van der Waals surface area contributed by atoms with Gasteiger partial charge in [0.05, 0.1) is 4.88 Å². The summed E-state index contributed by atoms with van der Waals surface area (Å²) < 4.78 is 13.9. The molecule has 1 heterocycles. The molecule has 0 aliphatic rings. The minimum Gasteiger partial charge on any atom is -0.480 e. The van der Waals surface area contributed by atoms with Crippen LogP contribution in [-0.2, 0) is 4.79 Å². The largest absolute Gasteiger partial charge is 0.480 e. The number of aliphatic carboxylic acids is 1. The standard InChI is InChI=1S/C37H34O5S/c1-23(2)28-11-8-9-13-30(28)35-34(41-26-17-14-25(15-18-26)16-21-33(38)39)31-20-19-27(22-32(31)43-35)42-37(4,5)36(40)29-12-7-6-10-24(29)3/h6-23H,1-5H3,(H,38,39)/b21-16+. The van der Waals surface area contributed by atoms with Crippen molar-refractivity contribution in [3.8, 4) is 27.7 Å². The third kappa shape index (κ3) is 6.55. The van der Waals surface area contributed by atoms with Crippen molar-refractivity contribution in [1.82, 2.24) is 0 Å². The van der Waals surface area contributed by atoms with E-state index in [-0.39, 0.29) is 5.78 Å². The summed E-state index contributed by atoms with van der Waals surface area (Å²) in [6.45, 7) is 9.88. The van der Waals surface area contributed by atoms with Gasteiger partial charge in [-0.2, -0.15) is 0 Å². The summed E-state index contributed by atoms with van der Waals surface area (Å²) in [5.74, 6) is 1.22. The smallest absolute Gasteiger partial charge is 0.328 e. The normalized spacial score (nSPS) is 11.8. The molecule has 218 valence electrons. The van der Waals surface area contributed by atoms with E-state index in [0.29, 0.717) is 23.0 Å². The van der Waals surface area contributed by atoms with Gasteiger partial charge in [-0.1, -0.05) is 74.5 Å². The average Bonchev–Trinajstić information content (AvgIpc) is 3.33. The predicted molar refractivity (Wildman–Crippen MR) is 175 cm³/mol. The number of rotatable bonds is 10. The van der Waals surface area contributed by atoms with E-state index in [1.165, 1.54) is 5.56 Å². The first kappa shape index (κ1) is 29.8. The zero-order valence-corrected chi connectivity index (χ0v) is 25.7. The summed E-state index contributed by atoms with van der Waals surface area (Å²) >= 11 is 1.62. The molecule has 43 heavy (non-hydrogen) atoms. The van der Waals surface area contributed by atoms with Gasteiger partial charge in [-0.25, -0.2) is 4.79 Å².